The zero-order valence-electron chi connectivity index (χ0n) is 15.2. The van der Waals surface area contributed by atoms with Gasteiger partial charge in [0, 0.05) is 11.1 Å². The third-order valence-corrected chi connectivity index (χ3v) is 4.86. The van der Waals surface area contributed by atoms with Crippen LogP contribution in [-0.4, -0.2) is 31.6 Å². The third-order valence-electron chi connectivity index (χ3n) is 4.86. The lowest BCUT2D eigenvalue weighted by molar-refractivity contribution is 1.22. The van der Waals surface area contributed by atoms with Gasteiger partial charge in [-0.1, -0.05) is 48.5 Å². The molecule has 0 fully saturated rings. The zero-order valence-corrected chi connectivity index (χ0v) is 15.2. The summed E-state index contributed by atoms with van der Waals surface area (Å²) in [6, 6.07) is 23.8. The molecule has 0 spiro atoms. The Balaban J connectivity index is 1.44. The fourth-order valence-electron chi connectivity index (χ4n) is 3.52. The molecule has 5 aromatic rings. The van der Waals surface area contributed by atoms with E-state index in [0.29, 0.717) is 23.6 Å². The van der Waals surface area contributed by atoms with Crippen LogP contribution in [0.5, 0.6) is 0 Å². The maximum Gasteiger partial charge on any atom is 0.229 e. The second-order valence-corrected chi connectivity index (χ2v) is 6.75. The van der Waals surface area contributed by atoms with Crippen molar-refractivity contribution >= 4 is 45.6 Å². The number of hydrogen-bond acceptors (Lipinski definition) is 4. The molecular formula is C22H15N7. The van der Waals surface area contributed by atoms with Crippen molar-refractivity contribution in [3.05, 3.63) is 83.9 Å². The summed E-state index contributed by atoms with van der Waals surface area (Å²) in [5, 5.41) is 3.32. The van der Waals surface area contributed by atoms with E-state index >= 15 is 0 Å². The monoisotopic (exact) mass is 377 g/mol. The van der Waals surface area contributed by atoms with Crippen LogP contribution in [0.15, 0.2) is 82.8 Å². The topological polar surface area (TPSA) is 94.1 Å². The lowest BCUT2D eigenvalue weighted by atomic mass is 10.1. The quantitative estimate of drug-likeness (QED) is 0.430. The highest BCUT2D eigenvalue weighted by Gasteiger charge is 2.24. The van der Waals surface area contributed by atoms with Crippen LogP contribution in [0.3, 0.4) is 0 Å². The fourth-order valence-corrected chi connectivity index (χ4v) is 3.52. The fraction of sp³-hybridized carbons (Fsp3) is 0. The van der Waals surface area contributed by atoms with Crippen molar-refractivity contribution in [2.45, 2.75) is 0 Å². The maximum atomic E-state index is 4.70. The lowest BCUT2D eigenvalue weighted by Crippen LogP contribution is -2.22. The summed E-state index contributed by atoms with van der Waals surface area (Å²) in [5.74, 6) is 2.51. The largest absolute Gasteiger partial charge is 0.324 e. The second kappa shape index (κ2) is 6.13. The van der Waals surface area contributed by atoms with Gasteiger partial charge in [0.05, 0.1) is 22.1 Å². The van der Waals surface area contributed by atoms with Crippen molar-refractivity contribution in [2.24, 2.45) is 9.98 Å². The van der Waals surface area contributed by atoms with Crippen LogP contribution in [0.2, 0.25) is 0 Å². The van der Waals surface area contributed by atoms with Crippen LogP contribution in [0, 0.1) is 0 Å². The standard InChI is InChI=1S/C22H15N7/c1-2-8-14-13(7-1)19(28-21-23-15-9-3-4-10-16(15)24-21)27-20(14)29-22-25-17-11-5-6-12-18(17)26-22/h1-12H,(H3,23,24,25,26,27,28,29). The highest BCUT2D eigenvalue weighted by molar-refractivity contribution is 6.26. The summed E-state index contributed by atoms with van der Waals surface area (Å²) < 4.78 is 0. The Kier molecular flexibility index (Phi) is 3.33. The Morgan fingerprint density at radius 2 is 1.00 bits per heavy atom. The van der Waals surface area contributed by atoms with Crippen molar-refractivity contribution in [3.63, 3.8) is 0 Å². The van der Waals surface area contributed by atoms with E-state index in [0.717, 1.165) is 33.2 Å². The van der Waals surface area contributed by atoms with E-state index in [9.17, 15) is 0 Å². The normalized spacial score (nSPS) is 16.0. The number of amidine groups is 2. The summed E-state index contributed by atoms with van der Waals surface area (Å²) in [5.41, 5.74) is 5.62. The van der Waals surface area contributed by atoms with Gasteiger partial charge in [0.1, 0.15) is 11.7 Å². The second-order valence-electron chi connectivity index (χ2n) is 6.75. The smallest absolute Gasteiger partial charge is 0.229 e. The van der Waals surface area contributed by atoms with Crippen LogP contribution < -0.4 is 5.32 Å². The third kappa shape index (κ3) is 2.68. The number of H-pyrrole nitrogens is 2. The summed E-state index contributed by atoms with van der Waals surface area (Å²) in [6.45, 7) is 0. The molecule has 1 aliphatic heterocycles. The van der Waals surface area contributed by atoms with E-state index in [4.69, 9.17) is 9.98 Å². The predicted octanol–water partition coefficient (Wildman–Crippen LogP) is 4.20. The minimum absolute atomic E-state index is 0.550. The molecule has 7 nitrogen and oxygen atoms in total. The molecule has 7 heteroatoms. The van der Waals surface area contributed by atoms with Gasteiger partial charge in [-0.2, -0.15) is 9.98 Å². The summed E-state index contributed by atoms with van der Waals surface area (Å²) in [4.78, 5) is 25.0. The van der Waals surface area contributed by atoms with Crippen molar-refractivity contribution in [1.82, 2.24) is 25.3 Å². The van der Waals surface area contributed by atoms with Gasteiger partial charge in [0.2, 0.25) is 11.9 Å². The molecule has 0 amide bonds. The molecule has 3 N–H and O–H groups in total. The van der Waals surface area contributed by atoms with Gasteiger partial charge in [0.25, 0.3) is 0 Å². The first-order valence-electron chi connectivity index (χ1n) is 9.27. The molecule has 1 aliphatic rings. The van der Waals surface area contributed by atoms with E-state index in [-0.39, 0.29) is 0 Å². The Hall–Kier alpha value is -4.26. The van der Waals surface area contributed by atoms with E-state index in [2.05, 4.69) is 25.3 Å². The summed E-state index contributed by atoms with van der Waals surface area (Å²) in [6.07, 6.45) is 0. The van der Waals surface area contributed by atoms with Crippen molar-refractivity contribution in [1.29, 1.82) is 0 Å². The maximum absolute atomic E-state index is 4.70. The van der Waals surface area contributed by atoms with Gasteiger partial charge in [-0.15, -0.1) is 0 Å². The number of aliphatic imine (C=N–C) groups is 2. The first kappa shape index (κ1) is 15.8. The van der Waals surface area contributed by atoms with Gasteiger partial charge in [-0.25, -0.2) is 9.97 Å². The molecule has 0 bridgehead atoms. The van der Waals surface area contributed by atoms with E-state index in [1.807, 2.05) is 72.8 Å². The Bertz CT molecular complexity index is 1260. The number of aromatic amines is 2. The molecule has 0 radical (unpaired) electrons. The molecule has 29 heavy (non-hydrogen) atoms. The van der Waals surface area contributed by atoms with Crippen molar-refractivity contribution in [2.75, 3.05) is 0 Å². The minimum Gasteiger partial charge on any atom is -0.324 e. The highest BCUT2D eigenvalue weighted by Crippen LogP contribution is 2.23. The number of benzene rings is 3. The highest BCUT2D eigenvalue weighted by atomic mass is 15.2. The van der Waals surface area contributed by atoms with Crippen LogP contribution in [0.4, 0.5) is 11.9 Å². The number of para-hydroxylation sites is 4. The number of imidazole rings is 2. The molecule has 3 heterocycles. The van der Waals surface area contributed by atoms with Crippen molar-refractivity contribution in [3.8, 4) is 0 Å². The van der Waals surface area contributed by atoms with Crippen LogP contribution in [-0.2, 0) is 0 Å². The Labute approximate surface area is 165 Å². The molecule has 2 aromatic heterocycles. The first-order valence-corrected chi connectivity index (χ1v) is 9.27. The molecule has 0 unspecified atom stereocenters. The number of nitrogens with zero attached hydrogens (tertiary/aromatic N) is 4. The molecule has 6 rings (SSSR count). The SMILES string of the molecule is c1ccc2c(c1)/C(=N/c1nc3ccccc3[nH]1)N/C2=N/c1nc2ccccc2[nH]1. The van der Waals surface area contributed by atoms with E-state index < -0.39 is 0 Å². The number of nitrogens with one attached hydrogen (secondary N) is 3. The predicted molar refractivity (Wildman–Crippen MR) is 114 cm³/mol. The number of aromatic nitrogens is 4. The number of hydrogen-bond donors (Lipinski definition) is 3. The van der Waals surface area contributed by atoms with Gasteiger partial charge in [0.15, 0.2) is 0 Å². The molecule has 138 valence electrons. The molecule has 0 saturated carbocycles. The molecule has 0 aliphatic carbocycles. The van der Waals surface area contributed by atoms with Gasteiger partial charge >= 0.3 is 0 Å². The molecule has 0 saturated heterocycles. The van der Waals surface area contributed by atoms with E-state index in [1.165, 1.54) is 0 Å². The number of fused-ring (bicyclic) bond motifs is 3. The van der Waals surface area contributed by atoms with Crippen LogP contribution in [0.25, 0.3) is 22.1 Å². The van der Waals surface area contributed by atoms with Gasteiger partial charge in [-0.3, -0.25) is 0 Å². The molecule has 0 atom stereocenters. The number of rotatable bonds is 2. The van der Waals surface area contributed by atoms with Crippen LogP contribution in [0.1, 0.15) is 11.1 Å². The van der Waals surface area contributed by atoms with Crippen LogP contribution >= 0.6 is 0 Å². The first-order chi connectivity index (χ1) is 14.3. The summed E-state index contributed by atoms with van der Waals surface area (Å²) >= 11 is 0. The van der Waals surface area contributed by atoms with Gasteiger partial charge < -0.3 is 15.3 Å². The zero-order chi connectivity index (χ0) is 19.2. The minimum atomic E-state index is 0.550. The average Bonchev–Trinajstić information content (AvgIpc) is 3.43. The lowest BCUT2D eigenvalue weighted by Gasteiger charge is -1.98. The molecule has 3 aromatic carbocycles. The average molecular weight is 377 g/mol. The molecular weight excluding hydrogens is 362 g/mol. The summed E-state index contributed by atoms with van der Waals surface area (Å²) in [7, 11) is 0. The van der Waals surface area contributed by atoms with Crippen molar-refractivity contribution < 1.29 is 0 Å². The van der Waals surface area contributed by atoms with Gasteiger partial charge in [-0.05, 0) is 24.3 Å². The Morgan fingerprint density at radius 1 is 0.552 bits per heavy atom. The Morgan fingerprint density at radius 3 is 1.48 bits per heavy atom. The van der Waals surface area contributed by atoms with E-state index in [1.54, 1.807) is 0 Å².